The largest absolute Gasteiger partial charge is 0.371 e. The molecule has 0 spiro atoms. The first-order valence-corrected chi connectivity index (χ1v) is 8.75. The predicted molar refractivity (Wildman–Crippen MR) is 91.5 cm³/mol. The molecule has 6 nitrogen and oxygen atoms in total. The zero-order valence-electron chi connectivity index (χ0n) is 13.2. The van der Waals surface area contributed by atoms with Crippen LogP contribution in [0.2, 0.25) is 0 Å². The number of anilines is 1. The number of halogens is 1. The Labute approximate surface area is 147 Å². The Balaban J connectivity index is 1.48. The van der Waals surface area contributed by atoms with Crippen molar-refractivity contribution in [2.45, 2.75) is 18.9 Å². The van der Waals surface area contributed by atoms with Gasteiger partial charge in [-0.25, -0.2) is 14.4 Å². The number of hydrogen-bond donors (Lipinski definition) is 1. The topological polar surface area (TPSA) is 69.0 Å². The third kappa shape index (κ3) is 3.31. The molecule has 0 aliphatic carbocycles. The average Bonchev–Trinajstić information content (AvgIpc) is 3.35. The van der Waals surface area contributed by atoms with Crippen LogP contribution in [0.4, 0.5) is 10.1 Å². The van der Waals surface area contributed by atoms with E-state index in [1.54, 1.807) is 34.5 Å². The molecule has 25 heavy (non-hydrogen) atoms. The highest BCUT2D eigenvalue weighted by atomic mass is 32.1. The lowest BCUT2D eigenvalue weighted by Gasteiger charge is -2.08. The van der Waals surface area contributed by atoms with Crippen LogP contribution < -0.4 is 5.32 Å². The molecular weight excluding hydrogens is 343 g/mol. The van der Waals surface area contributed by atoms with Crippen LogP contribution in [-0.4, -0.2) is 27.0 Å². The molecule has 1 saturated heterocycles. The molecule has 1 aliphatic rings. The SMILES string of the molecule is O=C(Nc1ccc(-n2ccnc2)c(F)c1)c1csc(C2CCCO2)n1. The maximum absolute atomic E-state index is 14.2. The van der Waals surface area contributed by atoms with Crippen LogP contribution in [-0.2, 0) is 4.74 Å². The third-order valence-corrected chi connectivity index (χ3v) is 4.88. The van der Waals surface area contributed by atoms with E-state index < -0.39 is 5.82 Å². The van der Waals surface area contributed by atoms with Crippen molar-refractivity contribution >= 4 is 22.9 Å². The molecule has 1 fully saturated rings. The van der Waals surface area contributed by atoms with E-state index in [2.05, 4.69) is 15.3 Å². The smallest absolute Gasteiger partial charge is 0.275 e. The van der Waals surface area contributed by atoms with Crippen molar-refractivity contribution < 1.29 is 13.9 Å². The number of thiazole rings is 1. The fourth-order valence-electron chi connectivity index (χ4n) is 2.70. The molecule has 1 atom stereocenters. The molecule has 3 heterocycles. The van der Waals surface area contributed by atoms with Crippen molar-refractivity contribution in [1.29, 1.82) is 0 Å². The van der Waals surface area contributed by atoms with Gasteiger partial charge in [0.05, 0.1) is 12.0 Å². The van der Waals surface area contributed by atoms with Crippen molar-refractivity contribution in [1.82, 2.24) is 14.5 Å². The Morgan fingerprint density at radius 3 is 3.08 bits per heavy atom. The van der Waals surface area contributed by atoms with Gasteiger partial charge in [0.1, 0.15) is 22.6 Å². The standard InChI is InChI=1S/C17H15FN4O2S/c18-12-8-11(3-4-14(12)22-6-5-19-10-22)20-16(23)13-9-25-17(21-13)15-2-1-7-24-15/h3-6,8-10,15H,1-2,7H2,(H,20,23). The number of nitrogens with zero attached hydrogens (tertiary/aromatic N) is 3. The molecule has 2 aromatic heterocycles. The molecule has 1 N–H and O–H groups in total. The number of imidazole rings is 1. The number of carbonyl (C=O) groups excluding carboxylic acids is 1. The summed E-state index contributed by atoms with van der Waals surface area (Å²) in [7, 11) is 0. The maximum Gasteiger partial charge on any atom is 0.275 e. The number of hydrogen-bond acceptors (Lipinski definition) is 5. The van der Waals surface area contributed by atoms with Gasteiger partial charge in [0.2, 0.25) is 0 Å². The van der Waals surface area contributed by atoms with Gasteiger partial charge in [-0.3, -0.25) is 4.79 Å². The maximum atomic E-state index is 14.2. The molecule has 1 amide bonds. The van der Waals surface area contributed by atoms with Gasteiger partial charge in [-0.05, 0) is 31.0 Å². The number of carbonyl (C=O) groups is 1. The van der Waals surface area contributed by atoms with Crippen LogP contribution in [0.1, 0.15) is 34.4 Å². The quantitative estimate of drug-likeness (QED) is 0.774. The average molecular weight is 358 g/mol. The highest BCUT2D eigenvalue weighted by Gasteiger charge is 2.22. The lowest BCUT2D eigenvalue weighted by Crippen LogP contribution is -2.13. The van der Waals surface area contributed by atoms with E-state index in [1.165, 1.54) is 23.7 Å². The van der Waals surface area contributed by atoms with E-state index in [0.717, 1.165) is 24.5 Å². The molecule has 128 valence electrons. The third-order valence-electron chi connectivity index (χ3n) is 3.95. The lowest BCUT2D eigenvalue weighted by atomic mass is 10.2. The Morgan fingerprint density at radius 2 is 2.36 bits per heavy atom. The fourth-order valence-corrected chi connectivity index (χ4v) is 3.58. The van der Waals surface area contributed by atoms with E-state index in [-0.39, 0.29) is 12.0 Å². The second kappa shape index (κ2) is 6.73. The minimum atomic E-state index is -0.450. The molecular formula is C17H15FN4O2S. The van der Waals surface area contributed by atoms with Crippen LogP contribution in [0.3, 0.4) is 0 Å². The summed E-state index contributed by atoms with van der Waals surface area (Å²) >= 11 is 1.41. The summed E-state index contributed by atoms with van der Waals surface area (Å²) in [6, 6.07) is 4.51. The monoisotopic (exact) mass is 358 g/mol. The zero-order chi connectivity index (χ0) is 17.2. The number of benzene rings is 1. The Kier molecular flexibility index (Phi) is 4.29. The number of nitrogens with one attached hydrogen (secondary N) is 1. The second-order valence-corrected chi connectivity index (χ2v) is 6.55. The first kappa shape index (κ1) is 15.9. The summed E-state index contributed by atoms with van der Waals surface area (Å²) in [5, 5.41) is 5.18. The minimum absolute atomic E-state index is 0.0153. The van der Waals surface area contributed by atoms with Crippen molar-refractivity contribution in [2.24, 2.45) is 0 Å². The molecule has 0 saturated carbocycles. The van der Waals surface area contributed by atoms with Crippen LogP contribution in [0.15, 0.2) is 42.3 Å². The fraction of sp³-hybridized carbons (Fsp3) is 0.235. The highest BCUT2D eigenvalue weighted by Crippen LogP contribution is 2.30. The molecule has 1 aromatic carbocycles. The molecule has 3 aromatic rings. The van der Waals surface area contributed by atoms with Gasteiger partial charge in [0, 0.05) is 30.1 Å². The van der Waals surface area contributed by atoms with Crippen LogP contribution in [0.25, 0.3) is 5.69 Å². The van der Waals surface area contributed by atoms with Gasteiger partial charge in [-0.15, -0.1) is 11.3 Å². The zero-order valence-corrected chi connectivity index (χ0v) is 14.0. The van der Waals surface area contributed by atoms with Gasteiger partial charge in [-0.2, -0.15) is 0 Å². The van der Waals surface area contributed by atoms with Crippen molar-refractivity contribution in [2.75, 3.05) is 11.9 Å². The normalized spacial score (nSPS) is 16.9. The van der Waals surface area contributed by atoms with Crippen molar-refractivity contribution in [3.05, 3.63) is 58.8 Å². The highest BCUT2D eigenvalue weighted by molar-refractivity contribution is 7.09. The number of amides is 1. The van der Waals surface area contributed by atoms with Gasteiger partial charge < -0.3 is 14.6 Å². The molecule has 8 heteroatoms. The molecule has 0 radical (unpaired) electrons. The summed E-state index contributed by atoms with van der Waals surface area (Å²) in [4.78, 5) is 20.6. The van der Waals surface area contributed by atoms with Gasteiger partial charge in [-0.1, -0.05) is 0 Å². The molecule has 4 rings (SSSR count). The van der Waals surface area contributed by atoms with E-state index in [1.807, 2.05) is 0 Å². The molecule has 0 bridgehead atoms. The molecule has 1 unspecified atom stereocenters. The van der Waals surface area contributed by atoms with Gasteiger partial charge >= 0.3 is 0 Å². The van der Waals surface area contributed by atoms with E-state index in [0.29, 0.717) is 17.1 Å². The summed E-state index contributed by atoms with van der Waals surface area (Å²) in [6.45, 7) is 0.730. The van der Waals surface area contributed by atoms with E-state index in [4.69, 9.17) is 4.74 Å². The summed E-state index contributed by atoms with van der Waals surface area (Å²) in [5.74, 6) is -0.815. The van der Waals surface area contributed by atoms with Crippen LogP contribution in [0, 0.1) is 5.82 Å². The number of ether oxygens (including phenoxy) is 1. The lowest BCUT2D eigenvalue weighted by molar-refractivity contribution is 0.101. The predicted octanol–water partition coefficient (Wildman–Crippen LogP) is 3.57. The van der Waals surface area contributed by atoms with Crippen molar-refractivity contribution in [3.63, 3.8) is 0 Å². The van der Waals surface area contributed by atoms with E-state index in [9.17, 15) is 9.18 Å². The Morgan fingerprint density at radius 1 is 1.44 bits per heavy atom. The first-order chi connectivity index (χ1) is 12.2. The van der Waals surface area contributed by atoms with Gasteiger partial charge in [0.15, 0.2) is 0 Å². The first-order valence-electron chi connectivity index (χ1n) is 7.87. The van der Waals surface area contributed by atoms with Crippen LogP contribution >= 0.6 is 11.3 Å². The van der Waals surface area contributed by atoms with Crippen LogP contribution in [0.5, 0.6) is 0 Å². The number of aromatic nitrogens is 3. The Bertz CT molecular complexity index is 888. The number of rotatable bonds is 4. The minimum Gasteiger partial charge on any atom is -0.371 e. The summed E-state index contributed by atoms with van der Waals surface area (Å²) in [5.41, 5.74) is 1.05. The Hall–Kier alpha value is -2.58. The molecule has 1 aliphatic heterocycles. The van der Waals surface area contributed by atoms with E-state index >= 15 is 0 Å². The summed E-state index contributed by atoms with van der Waals surface area (Å²) in [6.07, 6.45) is 6.66. The second-order valence-electron chi connectivity index (χ2n) is 5.66. The van der Waals surface area contributed by atoms with Crippen molar-refractivity contribution in [3.8, 4) is 5.69 Å². The van der Waals surface area contributed by atoms with Gasteiger partial charge in [0.25, 0.3) is 5.91 Å². The summed E-state index contributed by atoms with van der Waals surface area (Å²) < 4.78 is 21.4.